The highest BCUT2D eigenvalue weighted by Gasteiger charge is 2.19. The molecule has 0 aliphatic heterocycles. The summed E-state index contributed by atoms with van der Waals surface area (Å²) < 4.78 is 16.9. The zero-order valence-electron chi connectivity index (χ0n) is 49.8. The fraction of sp³-hybridized carbons (Fsp3) is 0.783. The Morgan fingerprint density at radius 1 is 0.280 bits per heavy atom. The van der Waals surface area contributed by atoms with Gasteiger partial charge in [-0.1, -0.05) is 293 Å². The van der Waals surface area contributed by atoms with Gasteiger partial charge < -0.3 is 14.2 Å². The molecule has 1 unspecified atom stereocenters. The van der Waals surface area contributed by atoms with Crippen molar-refractivity contribution in [1.82, 2.24) is 0 Å². The predicted molar refractivity (Wildman–Crippen MR) is 325 cm³/mol. The van der Waals surface area contributed by atoms with Crippen molar-refractivity contribution in [3.63, 3.8) is 0 Å². The van der Waals surface area contributed by atoms with Gasteiger partial charge in [-0.2, -0.15) is 0 Å². The van der Waals surface area contributed by atoms with Gasteiger partial charge >= 0.3 is 17.9 Å². The minimum atomic E-state index is -0.794. The Bertz CT molecular complexity index is 1390. The number of carbonyl (C=O) groups excluding carboxylic acids is 3. The Labute approximate surface area is 465 Å². The summed E-state index contributed by atoms with van der Waals surface area (Å²) in [6, 6.07) is 0. The lowest BCUT2D eigenvalue weighted by Gasteiger charge is -2.18. The summed E-state index contributed by atoms with van der Waals surface area (Å²) in [5.74, 6) is -0.918. The van der Waals surface area contributed by atoms with E-state index >= 15 is 0 Å². The molecular formula is C69H122O6. The summed E-state index contributed by atoms with van der Waals surface area (Å²) >= 11 is 0. The molecule has 6 nitrogen and oxygen atoms in total. The molecule has 75 heavy (non-hydrogen) atoms. The Hall–Kier alpha value is -3.15. The maximum atomic E-state index is 12.9. The van der Waals surface area contributed by atoms with Gasteiger partial charge in [0.2, 0.25) is 0 Å². The first-order chi connectivity index (χ1) is 37.0. The number of hydrogen-bond donors (Lipinski definition) is 0. The van der Waals surface area contributed by atoms with E-state index in [4.69, 9.17) is 14.2 Å². The van der Waals surface area contributed by atoms with Crippen LogP contribution in [0.4, 0.5) is 0 Å². The minimum absolute atomic E-state index is 0.0882. The van der Waals surface area contributed by atoms with Crippen LogP contribution in [0, 0.1) is 0 Å². The van der Waals surface area contributed by atoms with Crippen molar-refractivity contribution < 1.29 is 28.6 Å². The van der Waals surface area contributed by atoms with Gasteiger partial charge in [-0.3, -0.25) is 14.4 Å². The highest BCUT2D eigenvalue weighted by Crippen LogP contribution is 2.17. The zero-order chi connectivity index (χ0) is 54.3. The third-order valence-electron chi connectivity index (χ3n) is 14.2. The zero-order valence-corrected chi connectivity index (χ0v) is 49.8. The molecule has 6 heteroatoms. The lowest BCUT2D eigenvalue weighted by Crippen LogP contribution is -2.30. The van der Waals surface area contributed by atoms with E-state index in [0.717, 1.165) is 89.9 Å². The molecule has 0 aromatic rings. The van der Waals surface area contributed by atoms with Crippen molar-refractivity contribution in [1.29, 1.82) is 0 Å². The van der Waals surface area contributed by atoms with E-state index < -0.39 is 6.10 Å². The summed E-state index contributed by atoms with van der Waals surface area (Å²) in [7, 11) is 0. The summed E-state index contributed by atoms with van der Waals surface area (Å²) in [4.78, 5) is 38.3. The topological polar surface area (TPSA) is 78.9 Å². The summed E-state index contributed by atoms with van der Waals surface area (Å²) in [6.07, 6.45) is 82.0. The number of unbranched alkanes of at least 4 members (excludes halogenated alkanes) is 36. The van der Waals surface area contributed by atoms with Crippen molar-refractivity contribution >= 4 is 17.9 Å². The van der Waals surface area contributed by atoms with E-state index in [1.165, 1.54) is 199 Å². The SMILES string of the molecule is CC/C=C\C/C=C\C/C=C\C/C=C\CCCCC(=O)OCC(COC(=O)CCCCCCCCCCC/C=C\C/C=C\CCCCCCC)OC(=O)CCCCCCCCCCCCCCCCCCCCCCC. The van der Waals surface area contributed by atoms with Crippen molar-refractivity contribution in [3.05, 3.63) is 72.9 Å². The summed E-state index contributed by atoms with van der Waals surface area (Å²) in [5, 5.41) is 0. The second-order valence-corrected chi connectivity index (χ2v) is 21.6. The number of allylic oxidation sites excluding steroid dienone is 12. The molecule has 0 rings (SSSR count). The van der Waals surface area contributed by atoms with Gasteiger partial charge in [-0.25, -0.2) is 0 Å². The standard InChI is InChI=1S/C69H122O6/c1-4-7-10-13-16-19-22-25-28-30-32-34-36-38-41-44-47-50-53-56-59-62-68(71)74-65-66(64-73-67(70)61-58-55-52-49-46-43-40-27-24-21-18-15-12-9-6-3)75-69(72)63-60-57-54-51-48-45-42-39-37-35-33-31-29-26-23-20-17-14-11-8-5-2/h9,12,18,21-22,25,27,30,32,40,46,49,66H,4-8,10-11,13-17,19-20,23-24,26,28-29,31,33-39,41-45,47-48,50-65H2,1-3H3/b12-9-,21-18-,25-22-,32-30-,40-27-,49-46-. The molecule has 0 saturated carbocycles. The highest BCUT2D eigenvalue weighted by atomic mass is 16.6. The Balaban J connectivity index is 4.37. The fourth-order valence-electron chi connectivity index (χ4n) is 9.35. The molecule has 0 aromatic heterocycles. The van der Waals surface area contributed by atoms with Crippen LogP contribution in [0.25, 0.3) is 0 Å². The Kier molecular flexibility index (Phi) is 60.7. The van der Waals surface area contributed by atoms with E-state index in [0.29, 0.717) is 19.3 Å². The summed E-state index contributed by atoms with van der Waals surface area (Å²) in [6.45, 7) is 6.52. The van der Waals surface area contributed by atoms with Crippen molar-refractivity contribution in [2.45, 2.75) is 335 Å². The van der Waals surface area contributed by atoms with Crippen LogP contribution in [0.2, 0.25) is 0 Å². The third-order valence-corrected chi connectivity index (χ3v) is 14.2. The quantitative estimate of drug-likeness (QED) is 0.0261. The number of hydrogen-bond acceptors (Lipinski definition) is 6. The van der Waals surface area contributed by atoms with E-state index in [1.54, 1.807) is 0 Å². The molecule has 0 fully saturated rings. The van der Waals surface area contributed by atoms with Crippen LogP contribution in [0.1, 0.15) is 329 Å². The highest BCUT2D eigenvalue weighted by molar-refractivity contribution is 5.71. The number of ether oxygens (including phenoxy) is 3. The first-order valence-corrected chi connectivity index (χ1v) is 32.4. The molecule has 0 amide bonds. The second kappa shape index (κ2) is 63.4. The molecular weight excluding hydrogens is 925 g/mol. The van der Waals surface area contributed by atoms with E-state index in [9.17, 15) is 14.4 Å². The number of esters is 3. The monoisotopic (exact) mass is 1050 g/mol. The van der Waals surface area contributed by atoms with Gasteiger partial charge in [0.05, 0.1) is 0 Å². The van der Waals surface area contributed by atoms with Gasteiger partial charge in [0, 0.05) is 19.3 Å². The molecule has 0 radical (unpaired) electrons. The lowest BCUT2D eigenvalue weighted by atomic mass is 10.0. The van der Waals surface area contributed by atoms with E-state index in [2.05, 4.69) is 93.7 Å². The maximum Gasteiger partial charge on any atom is 0.306 e. The molecule has 0 heterocycles. The number of carbonyl (C=O) groups is 3. The van der Waals surface area contributed by atoms with Crippen LogP contribution in [0.5, 0.6) is 0 Å². The maximum absolute atomic E-state index is 12.9. The van der Waals surface area contributed by atoms with E-state index in [1.807, 2.05) is 0 Å². The van der Waals surface area contributed by atoms with Crippen molar-refractivity contribution in [3.8, 4) is 0 Å². The smallest absolute Gasteiger partial charge is 0.306 e. The average molecular weight is 1050 g/mol. The van der Waals surface area contributed by atoms with Gasteiger partial charge in [-0.05, 0) is 89.9 Å². The molecule has 0 aromatic carbocycles. The van der Waals surface area contributed by atoms with Crippen LogP contribution in [-0.4, -0.2) is 37.2 Å². The average Bonchev–Trinajstić information content (AvgIpc) is 3.41. The predicted octanol–water partition coefficient (Wildman–Crippen LogP) is 22.1. The van der Waals surface area contributed by atoms with Gasteiger partial charge in [0.1, 0.15) is 13.2 Å². The first-order valence-electron chi connectivity index (χ1n) is 32.4. The molecule has 434 valence electrons. The molecule has 0 saturated heterocycles. The molecule has 0 N–H and O–H groups in total. The van der Waals surface area contributed by atoms with E-state index in [-0.39, 0.29) is 31.1 Å². The molecule has 0 aliphatic rings. The largest absolute Gasteiger partial charge is 0.462 e. The molecule has 1 atom stereocenters. The lowest BCUT2D eigenvalue weighted by molar-refractivity contribution is -0.167. The van der Waals surface area contributed by atoms with Gasteiger partial charge in [-0.15, -0.1) is 0 Å². The molecule has 0 bridgehead atoms. The van der Waals surface area contributed by atoms with Crippen LogP contribution in [-0.2, 0) is 28.6 Å². The molecule has 0 spiro atoms. The summed E-state index contributed by atoms with van der Waals surface area (Å²) in [5.41, 5.74) is 0. The third kappa shape index (κ3) is 61.6. The minimum Gasteiger partial charge on any atom is -0.462 e. The van der Waals surface area contributed by atoms with Crippen LogP contribution < -0.4 is 0 Å². The second-order valence-electron chi connectivity index (χ2n) is 21.6. The Morgan fingerprint density at radius 3 is 0.840 bits per heavy atom. The van der Waals surface area contributed by atoms with Crippen LogP contribution >= 0.6 is 0 Å². The molecule has 0 aliphatic carbocycles. The normalized spacial score (nSPS) is 12.5. The fourth-order valence-corrected chi connectivity index (χ4v) is 9.35. The Morgan fingerprint density at radius 2 is 0.520 bits per heavy atom. The van der Waals surface area contributed by atoms with Gasteiger partial charge in [0.15, 0.2) is 6.10 Å². The van der Waals surface area contributed by atoms with Gasteiger partial charge in [0.25, 0.3) is 0 Å². The van der Waals surface area contributed by atoms with Crippen molar-refractivity contribution in [2.75, 3.05) is 13.2 Å². The van der Waals surface area contributed by atoms with Crippen LogP contribution in [0.3, 0.4) is 0 Å². The first kappa shape index (κ1) is 71.8. The van der Waals surface area contributed by atoms with Crippen molar-refractivity contribution in [2.24, 2.45) is 0 Å². The number of rotatable bonds is 59. The van der Waals surface area contributed by atoms with Crippen LogP contribution in [0.15, 0.2) is 72.9 Å².